The number of para-hydroxylation sites is 1. The number of benzene rings is 1. The van der Waals surface area contributed by atoms with Gasteiger partial charge in [-0.2, -0.15) is 9.61 Å². The van der Waals surface area contributed by atoms with Crippen molar-refractivity contribution in [3.8, 4) is 0 Å². The van der Waals surface area contributed by atoms with Crippen LogP contribution in [0.15, 0.2) is 35.8 Å². The highest BCUT2D eigenvalue weighted by molar-refractivity contribution is 7.14. The molecule has 5 nitrogen and oxygen atoms in total. The van der Waals surface area contributed by atoms with Gasteiger partial charge >= 0.3 is 0 Å². The van der Waals surface area contributed by atoms with Crippen LogP contribution in [-0.4, -0.2) is 27.6 Å². The molecule has 96 valence electrons. The molecular formula is C13H12N4OS. The van der Waals surface area contributed by atoms with Gasteiger partial charge in [0.1, 0.15) is 5.51 Å². The zero-order valence-electron chi connectivity index (χ0n) is 10.6. The van der Waals surface area contributed by atoms with E-state index in [9.17, 15) is 4.79 Å². The Morgan fingerprint density at radius 3 is 2.79 bits per heavy atom. The van der Waals surface area contributed by atoms with Crippen LogP contribution in [0.4, 0.5) is 5.69 Å². The molecule has 0 aliphatic carbocycles. The molecular weight excluding hydrogens is 260 g/mol. The molecule has 0 spiro atoms. The number of aryl methyl sites for hydroxylation is 1. The smallest absolute Gasteiger partial charge is 0.278 e. The van der Waals surface area contributed by atoms with Crippen molar-refractivity contribution < 1.29 is 4.79 Å². The van der Waals surface area contributed by atoms with Crippen molar-refractivity contribution in [3.63, 3.8) is 0 Å². The molecule has 0 fully saturated rings. The Labute approximate surface area is 114 Å². The molecule has 0 N–H and O–H groups in total. The van der Waals surface area contributed by atoms with Crippen molar-refractivity contribution in [1.29, 1.82) is 0 Å². The standard InChI is InChI=1S/C13H12N4OS/c1-9-11(17-13(15-9)19-8-14-17)12(18)16(2)10-6-4-3-5-7-10/h3-8H,1-2H3. The van der Waals surface area contributed by atoms with Gasteiger partial charge in [0.05, 0.1) is 5.69 Å². The second-order valence-corrected chi connectivity index (χ2v) is 4.99. The number of hydrogen-bond acceptors (Lipinski definition) is 4. The molecule has 2 heterocycles. The van der Waals surface area contributed by atoms with E-state index in [4.69, 9.17) is 0 Å². The van der Waals surface area contributed by atoms with E-state index in [1.807, 2.05) is 37.3 Å². The van der Waals surface area contributed by atoms with E-state index in [-0.39, 0.29) is 5.91 Å². The fourth-order valence-electron chi connectivity index (χ4n) is 1.97. The maximum atomic E-state index is 12.6. The normalized spacial score (nSPS) is 10.8. The summed E-state index contributed by atoms with van der Waals surface area (Å²) >= 11 is 1.42. The number of rotatable bonds is 2. The van der Waals surface area contributed by atoms with Crippen LogP contribution in [0.5, 0.6) is 0 Å². The first kappa shape index (κ1) is 11.9. The van der Waals surface area contributed by atoms with Crippen LogP contribution in [0, 0.1) is 6.92 Å². The number of carbonyl (C=O) groups is 1. The van der Waals surface area contributed by atoms with Crippen LogP contribution in [0.2, 0.25) is 0 Å². The molecule has 3 aromatic rings. The molecule has 1 amide bonds. The Balaban J connectivity index is 2.04. The predicted molar refractivity (Wildman–Crippen MR) is 74.8 cm³/mol. The lowest BCUT2D eigenvalue weighted by Gasteiger charge is -2.16. The van der Waals surface area contributed by atoms with Crippen molar-refractivity contribution in [2.24, 2.45) is 0 Å². The van der Waals surface area contributed by atoms with Gasteiger partial charge < -0.3 is 4.90 Å². The predicted octanol–water partition coefficient (Wildman–Crippen LogP) is 2.38. The second-order valence-electron chi connectivity index (χ2n) is 4.18. The lowest BCUT2D eigenvalue weighted by molar-refractivity contribution is 0.0985. The molecule has 0 saturated carbocycles. The molecule has 6 heteroatoms. The monoisotopic (exact) mass is 272 g/mol. The Hall–Kier alpha value is -2.21. The first-order valence-electron chi connectivity index (χ1n) is 5.80. The highest BCUT2D eigenvalue weighted by Gasteiger charge is 2.22. The summed E-state index contributed by atoms with van der Waals surface area (Å²) in [6, 6.07) is 9.52. The molecule has 0 bridgehead atoms. The highest BCUT2D eigenvalue weighted by Crippen LogP contribution is 2.19. The lowest BCUT2D eigenvalue weighted by atomic mass is 10.2. The van der Waals surface area contributed by atoms with Gasteiger partial charge in [0, 0.05) is 12.7 Å². The van der Waals surface area contributed by atoms with E-state index in [0.717, 1.165) is 10.6 Å². The molecule has 2 aromatic heterocycles. The average Bonchev–Trinajstić information content (AvgIpc) is 2.98. The molecule has 0 aliphatic rings. The Morgan fingerprint density at radius 2 is 2.05 bits per heavy atom. The summed E-state index contributed by atoms with van der Waals surface area (Å²) in [7, 11) is 1.75. The topological polar surface area (TPSA) is 50.5 Å². The van der Waals surface area contributed by atoms with Gasteiger partial charge in [-0.1, -0.05) is 29.5 Å². The first-order valence-corrected chi connectivity index (χ1v) is 6.68. The average molecular weight is 272 g/mol. The summed E-state index contributed by atoms with van der Waals surface area (Å²) in [5, 5.41) is 4.16. The molecule has 1 aromatic carbocycles. The number of imidazole rings is 1. The number of aromatic nitrogens is 3. The van der Waals surface area contributed by atoms with E-state index in [1.165, 1.54) is 11.3 Å². The van der Waals surface area contributed by atoms with Crippen molar-refractivity contribution >= 4 is 27.9 Å². The Bertz CT molecular complexity index is 732. The van der Waals surface area contributed by atoms with Crippen LogP contribution in [0.3, 0.4) is 0 Å². The number of fused-ring (bicyclic) bond motifs is 1. The number of hydrogen-bond donors (Lipinski definition) is 0. The van der Waals surface area contributed by atoms with Gasteiger partial charge in [-0.25, -0.2) is 4.98 Å². The van der Waals surface area contributed by atoms with Crippen LogP contribution in [0.25, 0.3) is 4.96 Å². The minimum atomic E-state index is -0.109. The highest BCUT2D eigenvalue weighted by atomic mass is 32.1. The van der Waals surface area contributed by atoms with E-state index in [0.29, 0.717) is 11.4 Å². The van der Waals surface area contributed by atoms with Gasteiger partial charge in [0.2, 0.25) is 4.96 Å². The van der Waals surface area contributed by atoms with Crippen LogP contribution < -0.4 is 4.90 Å². The van der Waals surface area contributed by atoms with Crippen molar-refractivity contribution in [2.75, 3.05) is 11.9 Å². The zero-order chi connectivity index (χ0) is 13.4. The van der Waals surface area contributed by atoms with E-state index >= 15 is 0 Å². The van der Waals surface area contributed by atoms with Gasteiger partial charge in [0.25, 0.3) is 5.91 Å². The summed E-state index contributed by atoms with van der Waals surface area (Å²) in [5.74, 6) is -0.109. The summed E-state index contributed by atoms with van der Waals surface area (Å²) in [4.78, 5) is 19.3. The fraction of sp³-hybridized carbons (Fsp3) is 0.154. The summed E-state index contributed by atoms with van der Waals surface area (Å²) < 4.78 is 1.60. The van der Waals surface area contributed by atoms with Gasteiger partial charge in [0.15, 0.2) is 5.69 Å². The Morgan fingerprint density at radius 1 is 1.32 bits per heavy atom. The summed E-state index contributed by atoms with van der Waals surface area (Å²) in [6.07, 6.45) is 0. The first-order chi connectivity index (χ1) is 9.18. The molecule has 0 aliphatic heterocycles. The molecule has 3 rings (SSSR count). The van der Waals surface area contributed by atoms with Gasteiger partial charge in [-0.15, -0.1) is 0 Å². The molecule has 0 unspecified atom stereocenters. The SMILES string of the molecule is Cc1nc2scnn2c1C(=O)N(C)c1ccccc1. The third kappa shape index (κ3) is 1.90. The maximum absolute atomic E-state index is 12.6. The van der Waals surface area contributed by atoms with Crippen molar-refractivity contribution in [3.05, 3.63) is 47.2 Å². The zero-order valence-corrected chi connectivity index (χ0v) is 11.4. The van der Waals surface area contributed by atoms with Gasteiger partial charge in [-0.05, 0) is 19.1 Å². The van der Waals surface area contributed by atoms with Crippen molar-refractivity contribution in [2.45, 2.75) is 6.92 Å². The molecule has 0 radical (unpaired) electrons. The Kier molecular flexibility index (Phi) is 2.79. The minimum Gasteiger partial charge on any atom is -0.310 e. The number of amides is 1. The van der Waals surface area contributed by atoms with Crippen molar-refractivity contribution in [1.82, 2.24) is 14.6 Å². The molecule has 19 heavy (non-hydrogen) atoms. The lowest BCUT2D eigenvalue weighted by Crippen LogP contribution is -2.28. The third-order valence-corrected chi connectivity index (χ3v) is 3.65. The van der Waals surface area contributed by atoms with Crippen LogP contribution in [0.1, 0.15) is 16.2 Å². The largest absolute Gasteiger partial charge is 0.310 e. The van der Waals surface area contributed by atoms with Gasteiger partial charge in [-0.3, -0.25) is 4.79 Å². The molecule has 0 atom stereocenters. The maximum Gasteiger partial charge on any atom is 0.278 e. The number of carbonyl (C=O) groups excluding carboxylic acids is 1. The van der Waals surface area contributed by atoms with Crippen LogP contribution in [-0.2, 0) is 0 Å². The van der Waals surface area contributed by atoms with Crippen LogP contribution >= 0.6 is 11.3 Å². The van der Waals surface area contributed by atoms with E-state index in [1.54, 1.807) is 22.0 Å². The minimum absolute atomic E-state index is 0.109. The quantitative estimate of drug-likeness (QED) is 0.719. The second kappa shape index (κ2) is 4.47. The van der Waals surface area contributed by atoms with E-state index in [2.05, 4.69) is 10.1 Å². The fourth-order valence-corrected chi connectivity index (χ4v) is 2.63. The molecule has 0 saturated heterocycles. The number of nitrogens with zero attached hydrogens (tertiary/aromatic N) is 4. The van der Waals surface area contributed by atoms with E-state index < -0.39 is 0 Å². The number of anilines is 1. The third-order valence-electron chi connectivity index (χ3n) is 2.97. The summed E-state index contributed by atoms with van der Waals surface area (Å²) in [6.45, 7) is 1.83. The summed E-state index contributed by atoms with van der Waals surface area (Å²) in [5.41, 5.74) is 3.74.